The van der Waals surface area contributed by atoms with Crippen LogP contribution < -0.4 is 15.8 Å². The molecule has 0 radical (unpaired) electrons. The summed E-state index contributed by atoms with van der Waals surface area (Å²) in [6.45, 7) is 0.943. The fourth-order valence-electron chi connectivity index (χ4n) is 5.97. The molecule has 3 aromatic heterocycles. The molecule has 1 aliphatic carbocycles. The highest BCUT2D eigenvalue weighted by molar-refractivity contribution is 5.99. The number of nitrogen functional groups attached to an aromatic ring is 1. The smallest absolute Gasteiger partial charge is 0.271 e. The van der Waals surface area contributed by atoms with E-state index in [2.05, 4.69) is 31.4 Å². The SMILES string of the molecule is COc1c(Nc2nc(N)nc3ccnn23)cccc1-c1ccc2c(c1)C1(CC1)CN(Cc1cccc(C(=O)N(C)C)n1)C2=O. The van der Waals surface area contributed by atoms with Crippen LogP contribution in [0.5, 0.6) is 5.75 Å². The summed E-state index contributed by atoms with van der Waals surface area (Å²) in [6, 6.07) is 18.9. The zero-order valence-electron chi connectivity index (χ0n) is 24.6. The molecule has 5 aromatic rings. The molecule has 4 heterocycles. The Hall–Kier alpha value is -5.52. The Morgan fingerprint density at radius 2 is 1.86 bits per heavy atom. The van der Waals surface area contributed by atoms with Crippen LogP contribution in [-0.4, -0.2) is 73.9 Å². The van der Waals surface area contributed by atoms with E-state index in [1.165, 1.54) is 4.90 Å². The second-order valence-electron chi connectivity index (χ2n) is 11.4. The number of pyridine rings is 1. The fourth-order valence-corrected chi connectivity index (χ4v) is 5.97. The van der Waals surface area contributed by atoms with Crippen molar-refractivity contribution in [1.29, 1.82) is 0 Å². The molecule has 1 spiro atoms. The van der Waals surface area contributed by atoms with E-state index in [-0.39, 0.29) is 23.2 Å². The molecule has 12 nitrogen and oxygen atoms in total. The lowest BCUT2D eigenvalue weighted by Crippen LogP contribution is -2.43. The van der Waals surface area contributed by atoms with Crippen LogP contribution in [0.25, 0.3) is 16.8 Å². The van der Waals surface area contributed by atoms with Crippen molar-refractivity contribution in [2.24, 2.45) is 0 Å². The van der Waals surface area contributed by atoms with Gasteiger partial charge in [-0.05, 0) is 54.3 Å². The molecule has 0 atom stereocenters. The maximum Gasteiger partial charge on any atom is 0.271 e. The van der Waals surface area contributed by atoms with Crippen LogP contribution in [-0.2, 0) is 12.0 Å². The lowest BCUT2D eigenvalue weighted by atomic mass is 9.84. The van der Waals surface area contributed by atoms with Crippen molar-refractivity contribution in [2.75, 3.05) is 38.8 Å². The van der Waals surface area contributed by atoms with Gasteiger partial charge in [0.05, 0.1) is 31.2 Å². The number of para-hydroxylation sites is 1. The van der Waals surface area contributed by atoms with Gasteiger partial charge in [-0.2, -0.15) is 19.6 Å². The summed E-state index contributed by atoms with van der Waals surface area (Å²) in [7, 11) is 5.02. The summed E-state index contributed by atoms with van der Waals surface area (Å²) in [5.41, 5.74) is 11.7. The summed E-state index contributed by atoms with van der Waals surface area (Å²) in [5.74, 6) is 0.953. The number of fused-ring (bicyclic) bond motifs is 3. The second kappa shape index (κ2) is 10.3. The van der Waals surface area contributed by atoms with Crippen molar-refractivity contribution in [1.82, 2.24) is 34.4 Å². The maximum absolute atomic E-state index is 13.8. The molecule has 222 valence electrons. The number of ether oxygens (including phenoxy) is 1. The molecule has 2 aromatic carbocycles. The number of carbonyl (C=O) groups is 2. The number of amides is 2. The van der Waals surface area contributed by atoms with E-state index < -0.39 is 0 Å². The Bertz CT molecular complexity index is 1950. The second-order valence-corrected chi connectivity index (χ2v) is 11.4. The van der Waals surface area contributed by atoms with Crippen LogP contribution in [0, 0.1) is 0 Å². The van der Waals surface area contributed by atoms with Crippen molar-refractivity contribution >= 4 is 35.0 Å². The Kier molecular flexibility index (Phi) is 6.42. The van der Waals surface area contributed by atoms with E-state index >= 15 is 0 Å². The highest BCUT2D eigenvalue weighted by atomic mass is 16.5. The molecule has 1 fully saturated rings. The first-order valence-corrected chi connectivity index (χ1v) is 14.3. The molecule has 1 aliphatic heterocycles. The minimum Gasteiger partial charge on any atom is -0.494 e. The van der Waals surface area contributed by atoms with Gasteiger partial charge in [0.25, 0.3) is 11.8 Å². The third kappa shape index (κ3) is 4.64. The number of aromatic nitrogens is 5. The number of nitrogens with zero attached hydrogens (tertiary/aromatic N) is 7. The van der Waals surface area contributed by atoms with E-state index in [0.717, 1.165) is 29.5 Å². The zero-order valence-corrected chi connectivity index (χ0v) is 24.6. The largest absolute Gasteiger partial charge is 0.494 e. The fraction of sp³-hybridized carbons (Fsp3) is 0.250. The summed E-state index contributed by atoms with van der Waals surface area (Å²) in [4.78, 5) is 42.6. The Morgan fingerprint density at radius 3 is 2.64 bits per heavy atom. The predicted molar refractivity (Wildman–Crippen MR) is 165 cm³/mol. The molecule has 7 rings (SSSR count). The van der Waals surface area contributed by atoms with Crippen LogP contribution in [0.1, 0.15) is 44.9 Å². The van der Waals surface area contributed by atoms with Crippen molar-refractivity contribution in [3.63, 3.8) is 0 Å². The van der Waals surface area contributed by atoms with Crippen LogP contribution in [0.15, 0.2) is 66.9 Å². The van der Waals surface area contributed by atoms with Gasteiger partial charge in [-0.15, -0.1) is 0 Å². The van der Waals surface area contributed by atoms with Gasteiger partial charge in [-0.1, -0.05) is 24.3 Å². The van der Waals surface area contributed by atoms with Gasteiger partial charge in [-0.25, -0.2) is 4.98 Å². The average molecular weight is 590 g/mol. The first kappa shape index (κ1) is 27.3. The minimum absolute atomic E-state index is 0.0396. The van der Waals surface area contributed by atoms with Gasteiger partial charge < -0.3 is 25.6 Å². The van der Waals surface area contributed by atoms with Crippen molar-refractivity contribution < 1.29 is 14.3 Å². The summed E-state index contributed by atoms with van der Waals surface area (Å²) >= 11 is 0. The van der Waals surface area contributed by atoms with E-state index in [0.29, 0.717) is 53.1 Å². The normalized spacial score (nSPS) is 14.9. The van der Waals surface area contributed by atoms with Crippen LogP contribution in [0.4, 0.5) is 17.6 Å². The van der Waals surface area contributed by atoms with E-state index in [4.69, 9.17) is 10.5 Å². The lowest BCUT2D eigenvalue weighted by Gasteiger charge is -2.35. The molecule has 3 N–H and O–H groups in total. The summed E-state index contributed by atoms with van der Waals surface area (Å²) in [6.07, 6.45) is 3.62. The van der Waals surface area contributed by atoms with E-state index in [1.807, 2.05) is 47.4 Å². The average Bonchev–Trinajstić information content (AvgIpc) is 3.64. The van der Waals surface area contributed by atoms with Crippen LogP contribution in [0.2, 0.25) is 0 Å². The predicted octanol–water partition coefficient (Wildman–Crippen LogP) is 3.91. The third-order valence-corrected chi connectivity index (χ3v) is 8.29. The van der Waals surface area contributed by atoms with Crippen molar-refractivity contribution in [3.8, 4) is 16.9 Å². The van der Waals surface area contributed by atoms with Gasteiger partial charge in [0, 0.05) is 43.2 Å². The zero-order chi connectivity index (χ0) is 30.6. The molecule has 44 heavy (non-hydrogen) atoms. The molecule has 12 heteroatoms. The number of methoxy groups -OCH3 is 1. The van der Waals surface area contributed by atoms with Gasteiger partial charge in [0.1, 0.15) is 11.4 Å². The number of carbonyl (C=O) groups excluding carboxylic acids is 2. The number of hydrogen-bond acceptors (Lipinski definition) is 9. The van der Waals surface area contributed by atoms with Gasteiger partial charge in [0.15, 0.2) is 5.65 Å². The van der Waals surface area contributed by atoms with Gasteiger partial charge >= 0.3 is 0 Å². The Labute approximate surface area is 253 Å². The van der Waals surface area contributed by atoms with Crippen molar-refractivity contribution in [2.45, 2.75) is 24.8 Å². The standard InChI is InChI=1S/C32H31N9O3/c1-39(2)29(43)25-9-4-6-20(35-25)17-40-18-32(13-14-32)23-16-19(10-11-22(23)28(40)42)21-7-5-8-24(27(21)44-3)36-31-38-30(33)37-26-12-15-34-41(26)31/h4-12,15-16H,13-14,17-18H2,1-3H3,(H3,33,36,37,38). The molecular weight excluding hydrogens is 558 g/mol. The van der Waals surface area contributed by atoms with Crippen LogP contribution in [0.3, 0.4) is 0 Å². The number of nitrogens with one attached hydrogen (secondary N) is 1. The summed E-state index contributed by atoms with van der Waals surface area (Å²) in [5, 5.41) is 7.60. The molecule has 0 unspecified atom stereocenters. The molecular formula is C32H31N9O3. The van der Waals surface area contributed by atoms with E-state index in [1.54, 1.807) is 44.1 Å². The minimum atomic E-state index is -0.168. The number of anilines is 3. The Balaban J connectivity index is 1.20. The van der Waals surface area contributed by atoms with Crippen LogP contribution >= 0.6 is 0 Å². The number of benzene rings is 2. The van der Waals surface area contributed by atoms with Crippen molar-refractivity contribution in [3.05, 3.63) is 89.4 Å². The highest BCUT2D eigenvalue weighted by Gasteiger charge is 2.51. The molecule has 0 saturated heterocycles. The highest BCUT2D eigenvalue weighted by Crippen LogP contribution is 2.53. The van der Waals surface area contributed by atoms with Gasteiger partial charge in [0.2, 0.25) is 11.9 Å². The molecule has 2 aliphatic rings. The lowest BCUT2D eigenvalue weighted by molar-refractivity contribution is 0.0696. The third-order valence-electron chi connectivity index (χ3n) is 8.29. The molecule has 0 bridgehead atoms. The molecule has 1 saturated carbocycles. The Morgan fingerprint density at radius 1 is 1.05 bits per heavy atom. The number of nitrogens with two attached hydrogens (primary N) is 1. The monoisotopic (exact) mass is 589 g/mol. The first-order chi connectivity index (χ1) is 21.3. The number of rotatable bonds is 7. The topological polar surface area (TPSA) is 144 Å². The number of hydrogen-bond donors (Lipinski definition) is 2. The first-order valence-electron chi connectivity index (χ1n) is 14.3. The summed E-state index contributed by atoms with van der Waals surface area (Å²) < 4.78 is 7.48. The van der Waals surface area contributed by atoms with Gasteiger partial charge in [-0.3, -0.25) is 9.59 Å². The van der Waals surface area contributed by atoms with E-state index in [9.17, 15) is 9.59 Å². The maximum atomic E-state index is 13.8. The quantitative estimate of drug-likeness (QED) is 0.289. The molecule has 2 amide bonds.